The van der Waals surface area contributed by atoms with Gasteiger partial charge in [0.05, 0.1) is 16.5 Å². The second-order valence-corrected chi connectivity index (χ2v) is 4.83. The van der Waals surface area contributed by atoms with Gasteiger partial charge in [-0.1, -0.05) is 0 Å². The van der Waals surface area contributed by atoms with Crippen molar-refractivity contribution in [2.75, 3.05) is 13.1 Å². The van der Waals surface area contributed by atoms with Crippen LogP contribution < -0.4 is 5.56 Å². The first-order chi connectivity index (χ1) is 8.59. The third-order valence-electron chi connectivity index (χ3n) is 3.57. The van der Waals surface area contributed by atoms with Crippen LogP contribution >= 0.6 is 0 Å². The second-order valence-electron chi connectivity index (χ2n) is 4.83. The van der Waals surface area contributed by atoms with Crippen LogP contribution in [0.4, 0.5) is 0 Å². The molecule has 3 rings (SSSR count). The number of hydrogen-bond donors (Lipinski definition) is 1. The van der Waals surface area contributed by atoms with Crippen molar-refractivity contribution in [3.05, 3.63) is 33.9 Å². The van der Waals surface area contributed by atoms with Crippen molar-refractivity contribution in [1.29, 1.82) is 0 Å². The van der Waals surface area contributed by atoms with E-state index in [1.165, 1.54) is 4.57 Å². The molecule has 0 spiro atoms. The van der Waals surface area contributed by atoms with Gasteiger partial charge in [-0.25, -0.2) is 0 Å². The lowest BCUT2D eigenvalue weighted by molar-refractivity contribution is 0.0654. The van der Waals surface area contributed by atoms with Crippen LogP contribution in [0.5, 0.6) is 0 Å². The monoisotopic (exact) mass is 245 g/mol. The Bertz CT molecular complexity index is 692. The van der Waals surface area contributed by atoms with Crippen molar-refractivity contribution in [3.63, 3.8) is 0 Å². The van der Waals surface area contributed by atoms with E-state index in [-0.39, 0.29) is 11.5 Å². The van der Waals surface area contributed by atoms with E-state index in [0.717, 1.165) is 30.6 Å². The quantitative estimate of drug-likeness (QED) is 0.815. The first-order valence-corrected chi connectivity index (χ1v) is 6.06. The standard InChI is InChI=1S/C13H15N3O2/c1-8-7-15(2)13(18)10-9(6-14-11(8)10)12(17)16-4-3-5-16/h6-7,14H,3-5H2,1-2H3. The average molecular weight is 245 g/mol. The highest BCUT2D eigenvalue weighted by Gasteiger charge is 2.25. The van der Waals surface area contributed by atoms with Crippen molar-refractivity contribution in [3.8, 4) is 0 Å². The third-order valence-corrected chi connectivity index (χ3v) is 3.57. The molecule has 0 bridgehead atoms. The molecule has 18 heavy (non-hydrogen) atoms. The minimum Gasteiger partial charge on any atom is -0.360 e. The minimum absolute atomic E-state index is 0.0461. The molecule has 0 aliphatic carbocycles. The highest BCUT2D eigenvalue weighted by Crippen LogP contribution is 2.21. The van der Waals surface area contributed by atoms with Crippen LogP contribution in [0.2, 0.25) is 0 Å². The number of carbonyl (C=O) groups is 1. The number of H-pyrrole nitrogens is 1. The summed E-state index contributed by atoms with van der Waals surface area (Å²) in [5, 5.41) is 0.509. The lowest BCUT2D eigenvalue weighted by atomic mass is 10.1. The summed E-state index contributed by atoms with van der Waals surface area (Å²) in [6, 6.07) is 0. The van der Waals surface area contributed by atoms with Gasteiger partial charge in [-0.05, 0) is 18.9 Å². The number of pyridine rings is 1. The first kappa shape index (κ1) is 11.1. The summed E-state index contributed by atoms with van der Waals surface area (Å²) in [6.45, 7) is 3.51. The number of nitrogens with zero attached hydrogens (tertiary/aromatic N) is 2. The Hall–Kier alpha value is -2.04. The van der Waals surface area contributed by atoms with Gasteiger partial charge in [0.15, 0.2) is 0 Å². The number of aromatic nitrogens is 2. The Kier molecular flexibility index (Phi) is 2.29. The van der Waals surface area contributed by atoms with Crippen LogP contribution in [-0.2, 0) is 7.05 Å². The molecule has 0 radical (unpaired) electrons. The zero-order valence-corrected chi connectivity index (χ0v) is 10.5. The Morgan fingerprint density at radius 2 is 2.11 bits per heavy atom. The number of aryl methyl sites for hydroxylation is 2. The van der Waals surface area contributed by atoms with Gasteiger partial charge in [-0.3, -0.25) is 9.59 Å². The van der Waals surface area contributed by atoms with Crippen molar-refractivity contribution in [2.24, 2.45) is 7.05 Å². The Balaban J connectivity index is 2.24. The van der Waals surface area contributed by atoms with Gasteiger partial charge in [0, 0.05) is 32.5 Å². The molecular formula is C13H15N3O2. The minimum atomic E-state index is -0.124. The summed E-state index contributed by atoms with van der Waals surface area (Å²) < 4.78 is 1.53. The lowest BCUT2D eigenvalue weighted by Gasteiger charge is -2.30. The van der Waals surface area contributed by atoms with Crippen molar-refractivity contribution in [2.45, 2.75) is 13.3 Å². The first-order valence-electron chi connectivity index (χ1n) is 6.06. The maximum absolute atomic E-state index is 12.2. The van der Waals surface area contributed by atoms with Crippen LogP contribution in [0, 0.1) is 6.92 Å². The Morgan fingerprint density at radius 3 is 2.72 bits per heavy atom. The number of carbonyl (C=O) groups excluding carboxylic acids is 1. The molecule has 5 nitrogen and oxygen atoms in total. The molecule has 1 amide bonds. The zero-order chi connectivity index (χ0) is 12.9. The van der Waals surface area contributed by atoms with Crippen LogP contribution in [0.15, 0.2) is 17.2 Å². The number of amides is 1. The molecule has 2 aromatic heterocycles. The van der Waals surface area contributed by atoms with Gasteiger partial charge >= 0.3 is 0 Å². The van der Waals surface area contributed by atoms with E-state index in [9.17, 15) is 9.59 Å². The highest BCUT2D eigenvalue weighted by atomic mass is 16.2. The van der Waals surface area contributed by atoms with E-state index in [1.807, 2.05) is 6.92 Å². The summed E-state index contributed by atoms with van der Waals surface area (Å²) in [6.07, 6.45) is 4.48. The molecule has 1 N–H and O–H groups in total. The van der Waals surface area contributed by atoms with Gasteiger partial charge in [-0.2, -0.15) is 0 Å². The fourth-order valence-electron chi connectivity index (χ4n) is 2.40. The highest BCUT2D eigenvalue weighted by molar-refractivity contribution is 6.07. The van der Waals surface area contributed by atoms with Gasteiger partial charge in [0.1, 0.15) is 0 Å². The van der Waals surface area contributed by atoms with Gasteiger partial charge < -0.3 is 14.5 Å². The third kappa shape index (κ3) is 1.40. The molecule has 5 heteroatoms. The van der Waals surface area contributed by atoms with Crippen LogP contribution in [0.25, 0.3) is 10.9 Å². The van der Waals surface area contributed by atoms with Crippen molar-refractivity contribution >= 4 is 16.8 Å². The topological polar surface area (TPSA) is 58.1 Å². The maximum Gasteiger partial charge on any atom is 0.260 e. The number of aromatic amines is 1. The number of nitrogens with one attached hydrogen (secondary N) is 1. The number of fused-ring (bicyclic) bond motifs is 1. The van der Waals surface area contributed by atoms with Crippen molar-refractivity contribution in [1.82, 2.24) is 14.5 Å². The van der Waals surface area contributed by atoms with E-state index in [0.29, 0.717) is 10.9 Å². The number of rotatable bonds is 1. The van der Waals surface area contributed by atoms with Crippen LogP contribution in [0.1, 0.15) is 22.3 Å². The number of likely N-dealkylation sites (tertiary alicyclic amines) is 1. The summed E-state index contributed by atoms with van der Waals surface area (Å²) in [5.41, 5.74) is 2.10. The largest absolute Gasteiger partial charge is 0.360 e. The summed E-state index contributed by atoms with van der Waals surface area (Å²) in [4.78, 5) is 29.2. The summed E-state index contributed by atoms with van der Waals surface area (Å²) in [7, 11) is 1.71. The average Bonchev–Trinajstić information content (AvgIpc) is 2.68. The SMILES string of the molecule is Cc1cn(C)c(=O)c2c(C(=O)N3CCC3)c[nH]c12. The fourth-order valence-corrected chi connectivity index (χ4v) is 2.40. The van der Waals surface area contributed by atoms with E-state index < -0.39 is 0 Å². The molecule has 1 saturated heterocycles. The van der Waals surface area contributed by atoms with E-state index in [4.69, 9.17) is 0 Å². The molecule has 0 aromatic carbocycles. The molecule has 94 valence electrons. The lowest BCUT2D eigenvalue weighted by Crippen LogP contribution is -2.42. The molecule has 2 aromatic rings. The molecule has 0 atom stereocenters. The van der Waals surface area contributed by atoms with Crippen molar-refractivity contribution < 1.29 is 4.79 Å². The normalized spacial score (nSPS) is 14.9. The Morgan fingerprint density at radius 1 is 1.39 bits per heavy atom. The summed E-state index contributed by atoms with van der Waals surface area (Å²) >= 11 is 0. The predicted octanol–water partition coefficient (Wildman–Crippen LogP) is 1.02. The maximum atomic E-state index is 12.2. The van der Waals surface area contributed by atoms with Crippen LogP contribution in [0.3, 0.4) is 0 Å². The second kappa shape index (κ2) is 3.73. The van der Waals surface area contributed by atoms with E-state index in [1.54, 1.807) is 24.3 Å². The molecule has 1 fully saturated rings. The van der Waals surface area contributed by atoms with Gasteiger partial charge in [0.2, 0.25) is 0 Å². The molecule has 1 aliphatic rings. The summed E-state index contributed by atoms with van der Waals surface area (Å²) in [5.74, 6) is -0.0461. The Labute approximate surface area is 104 Å². The zero-order valence-electron chi connectivity index (χ0n) is 10.5. The number of hydrogen-bond acceptors (Lipinski definition) is 2. The molecular weight excluding hydrogens is 230 g/mol. The van der Waals surface area contributed by atoms with E-state index >= 15 is 0 Å². The molecule has 3 heterocycles. The van der Waals surface area contributed by atoms with E-state index in [2.05, 4.69) is 4.98 Å². The van der Waals surface area contributed by atoms with Crippen LogP contribution in [-0.4, -0.2) is 33.4 Å². The van der Waals surface area contributed by atoms with Gasteiger partial charge in [-0.15, -0.1) is 0 Å². The fraction of sp³-hybridized carbons (Fsp3) is 0.385. The van der Waals surface area contributed by atoms with Gasteiger partial charge in [0.25, 0.3) is 11.5 Å². The molecule has 0 unspecified atom stereocenters. The molecule has 1 aliphatic heterocycles. The molecule has 0 saturated carbocycles. The smallest absolute Gasteiger partial charge is 0.260 e. The predicted molar refractivity (Wildman–Crippen MR) is 68.8 cm³/mol.